The number of benzene rings is 2. The average Bonchev–Trinajstić information content (AvgIpc) is 2.98. The lowest BCUT2D eigenvalue weighted by Gasteiger charge is -2.38. The number of halogens is 1. The molecule has 3 aliphatic rings. The molecule has 0 spiro atoms. The third kappa shape index (κ3) is 8.11. The van der Waals surface area contributed by atoms with E-state index in [1.807, 2.05) is 37.8 Å². The monoisotopic (exact) mass is 592 g/mol. The highest BCUT2D eigenvalue weighted by Crippen LogP contribution is 2.32. The Hall–Kier alpha value is -2.95. The van der Waals surface area contributed by atoms with E-state index >= 15 is 0 Å². The zero-order valence-corrected chi connectivity index (χ0v) is 26.1. The van der Waals surface area contributed by atoms with Crippen molar-refractivity contribution in [1.82, 2.24) is 9.80 Å². The number of likely N-dealkylation sites (tertiary alicyclic amines) is 2. The van der Waals surface area contributed by atoms with Gasteiger partial charge in [0.2, 0.25) is 0 Å². The van der Waals surface area contributed by atoms with Crippen LogP contribution in [0, 0.1) is 17.2 Å². The fourth-order valence-electron chi connectivity index (χ4n) is 6.47. The largest absolute Gasteiger partial charge is 0.490 e. The van der Waals surface area contributed by atoms with E-state index in [0.29, 0.717) is 22.4 Å². The molecule has 8 heteroatoms. The van der Waals surface area contributed by atoms with Crippen LogP contribution in [0.4, 0.5) is 10.5 Å². The van der Waals surface area contributed by atoms with Crippen molar-refractivity contribution in [3.8, 4) is 11.8 Å². The lowest BCUT2D eigenvalue weighted by atomic mass is 9.88. The van der Waals surface area contributed by atoms with Gasteiger partial charge in [-0.1, -0.05) is 23.7 Å². The Morgan fingerprint density at radius 1 is 0.929 bits per heavy atom. The second kappa shape index (κ2) is 13.6. The van der Waals surface area contributed by atoms with Crippen LogP contribution in [-0.4, -0.2) is 73.4 Å². The van der Waals surface area contributed by atoms with Gasteiger partial charge in [0.05, 0.1) is 10.6 Å². The van der Waals surface area contributed by atoms with E-state index in [4.69, 9.17) is 26.3 Å². The van der Waals surface area contributed by atoms with Crippen LogP contribution in [0.3, 0.4) is 0 Å². The molecular formula is C34H45ClN4O3. The van der Waals surface area contributed by atoms with Crippen molar-refractivity contribution in [1.29, 1.82) is 5.26 Å². The molecule has 0 unspecified atom stereocenters. The van der Waals surface area contributed by atoms with Crippen LogP contribution in [0.5, 0.6) is 5.75 Å². The number of carbonyl (C=O) groups is 1. The highest BCUT2D eigenvalue weighted by Gasteiger charge is 2.29. The third-order valence-corrected chi connectivity index (χ3v) is 9.22. The van der Waals surface area contributed by atoms with Crippen molar-refractivity contribution in [2.45, 2.75) is 76.9 Å². The number of piperidine rings is 3. The summed E-state index contributed by atoms with van der Waals surface area (Å²) in [6, 6.07) is 16.6. The summed E-state index contributed by atoms with van der Waals surface area (Å²) in [5.74, 6) is 2.21. The minimum atomic E-state index is -0.436. The van der Waals surface area contributed by atoms with Gasteiger partial charge < -0.3 is 24.2 Å². The van der Waals surface area contributed by atoms with Gasteiger partial charge >= 0.3 is 6.09 Å². The zero-order valence-electron chi connectivity index (χ0n) is 25.4. The molecule has 0 saturated carbocycles. The van der Waals surface area contributed by atoms with Gasteiger partial charge in [-0.05, 0) is 107 Å². The van der Waals surface area contributed by atoms with Gasteiger partial charge in [0.25, 0.3) is 0 Å². The lowest BCUT2D eigenvalue weighted by molar-refractivity contribution is 0.0166. The Labute approximate surface area is 256 Å². The van der Waals surface area contributed by atoms with Crippen LogP contribution in [-0.2, 0) is 4.74 Å². The predicted octanol–water partition coefficient (Wildman–Crippen LogP) is 7.09. The molecule has 5 rings (SSSR count). The Bertz CT molecular complexity index is 1230. The molecule has 0 aromatic heterocycles. The van der Waals surface area contributed by atoms with Gasteiger partial charge in [0, 0.05) is 51.3 Å². The van der Waals surface area contributed by atoms with Crippen LogP contribution in [0.25, 0.3) is 0 Å². The number of carbonyl (C=O) groups excluding carboxylic acids is 1. The minimum Gasteiger partial charge on any atom is -0.490 e. The predicted molar refractivity (Wildman–Crippen MR) is 167 cm³/mol. The van der Waals surface area contributed by atoms with Crippen LogP contribution in [0.1, 0.15) is 76.3 Å². The molecular weight excluding hydrogens is 548 g/mol. The average molecular weight is 593 g/mol. The van der Waals surface area contributed by atoms with E-state index in [-0.39, 0.29) is 12.2 Å². The molecule has 0 atom stereocenters. The van der Waals surface area contributed by atoms with Gasteiger partial charge in [-0.2, -0.15) is 5.26 Å². The van der Waals surface area contributed by atoms with Gasteiger partial charge in [0.15, 0.2) is 0 Å². The molecule has 0 bridgehead atoms. The molecule has 1 amide bonds. The first kappa shape index (κ1) is 30.5. The summed E-state index contributed by atoms with van der Waals surface area (Å²) in [6.45, 7) is 12.6. The molecule has 3 fully saturated rings. The second-order valence-electron chi connectivity index (χ2n) is 13.1. The summed E-state index contributed by atoms with van der Waals surface area (Å²) < 4.78 is 11.9. The Morgan fingerprint density at radius 2 is 1.60 bits per heavy atom. The van der Waals surface area contributed by atoms with Crippen molar-refractivity contribution < 1.29 is 14.3 Å². The third-order valence-electron chi connectivity index (χ3n) is 8.90. The van der Waals surface area contributed by atoms with Gasteiger partial charge in [-0.25, -0.2) is 4.79 Å². The number of nitrogens with zero attached hydrogens (tertiary/aromatic N) is 4. The molecule has 2 aromatic rings. The summed E-state index contributed by atoms with van der Waals surface area (Å²) >= 11 is 6.24. The summed E-state index contributed by atoms with van der Waals surface area (Å²) in [4.78, 5) is 19.2. The number of rotatable bonds is 6. The first-order valence-electron chi connectivity index (χ1n) is 15.6. The first-order valence-corrected chi connectivity index (χ1v) is 16.0. The Balaban J connectivity index is 1.01. The SMILES string of the molecule is CC(C)(C)OC(=O)N1CCC(CN2CCC(c3ccc(OC4CCN(c5ccc(C#N)c(Cl)c5)CC4)cc3)CC2)CC1. The number of amides is 1. The van der Waals surface area contributed by atoms with Gasteiger partial charge in [0.1, 0.15) is 23.5 Å². The molecule has 3 heterocycles. The van der Waals surface area contributed by atoms with E-state index in [2.05, 4.69) is 40.1 Å². The normalized spacial score (nSPS) is 19.9. The van der Waals surface area contributed by atoms with Crippen LogP contribution in [0.2, 0.25) is 5.02 Å². The van der Waals surface area contributed by atoms with E-state index in [9.17, 15) is 4.79 Å². The minimum absolute atomic E-state index is 0.172. The van der Waals surface area contributed by atoms with Gasteiger partial charge in [-0.3, -0.25) is 0 Å². The van der Waals surface area contributed by atoms with Crippen LogP contribution < -0.4 is 9.64 Å². The topological polar surface area (TPSA) is 69.0 Å². The maximum absolute atomic E-state index is 12.4. The Morgan fingerprint density at radius 3 is 2.19 bits per heavy atom. The van der Waals surface area contributed by atoms with Crippen molar-refractivity contribution in [2.24, 2.45) is 5.92 Å². The molecule has 226 valence electrons. The quantitative estimate of drug-likeness (QED) is 0.357. The molecule has 0 radical (unpaired) electrons. The van der Waals surface area contributed by atoms with Gasteiger partial charge in [-0.15, -0.1) is 0 Å². The number of hydrogen-bond acceptors (Lipinski definition) is 6. The number of anilines is 1. The van der Waals surface area contributed by atoms with E-state index in [1.54, 1.807) is 6.07 Å². The zero-order chi connectivity index (χ0) is 29.7. The molecule has 3 saturated heterocycles. The molecule has 3 aliphatic heterocycles. The van der Waals surface area contributed by atoms with Crippen molar-refractivity contribution in [3.63, 3.8) is 0 Å². The molecule has 42 heavy (non-hydrogen) atoms. The fourth-order valence-corrected chi connectivity index (χ4v) is 6.69. The summed E-state index contributed by atoms with van der Waals surface area (Å²) in [5, 5.41) is 9.63. The summed E-state index contributed by atoms with van der Waals surface area (Å²) in [7, 11) is 0. The lowest BCUT2D eigenvalue weighted by Crippen LogP contribution is -2.44. The van der Waals surface area contributed by atoms with Crippen molar-refractivity contribution in [3.05, 3.63) is 58.6 Å². The summed E-state index contributed by atoms with van der Waals surface area (Å²) in [5.41, 5.74) is 2.56. The summed E-state index contributed by atoms with van der Waals surface area (Å²) in [6.07, 6.45) is 6.45. The van der Waals surface area contributed by atoms with Crippen molar-refractivity contribution in [2.75, 3.05) is 50.7 Å². The Kier molecular flexibility index (Phi) is 9.85. The number of nitriles is 1. The second-order valence-corrected chi connectivity index (χ2v) is 13.5. The van der Waals surface area contributed by atoms with E-state index < -0.39 is 5.60 Å². The smallest absolute Gasteiger partial charge is 0.410 e. The highest BCUT2D eigenvalue weighted by molar-refractivity contribution is 6.32. The maximum atomic E-state index is 12.4. The number of hydrogen-bond donors (Lipinski definition) is 0. The molecule has 2 aromatic carbocycles. The van der Waals surface area contributed by atoms with E-state index in [1.165, 1.54) is 18.4 Å². The molecule has 7 nitrogen and oxygen atoms in total. The highest BCUT2D eigenvalue weighted by atomic mass is 35.5. The van der Waals surface area contributed by atoms with Crippen LogP contribution >= 0.6 is 11.6 Å². The van der Waals surface area contributed by atoms with E-state index in [0.717, 1.165) is 82.9 Å². The molecule has 0 aliphatic carbocycles. The first-order chi connectivity index (χ1) is 20.2. The maximum Gasteiger partial charge on any atom is 0.410 e. The fraction of sp³-hybridized carbons (Fsp3) is 0.588. The molecule has 0 N–H and O–H groups in total. The van der Waals surface area contributed by atoms with Crippen molar-refractivity contribution >= 4 is 23.4 Å². The van der Waals surface area contributed by atoms with Crippen LogP contribution in [0.15, 0.2) is 42.5 Å². The number of ether oxygens (including phenoxy) is 2. The standard InChI is InChI=1S/C34H45ClN4O3/c1-34(2,3)42-33(40)39-18-10-25(11-19-39)24-37-16-12-27(13-17-37)26-5-8-30(9-6-26)41-31-14-20-38(21-15-31)29-7-4-28(23-36)32(35)22-29/h4-9,22,25,27,31H,10-21,24H2,1-3H3.